The molecular weight excluding hydrogens is 282 g/mol. The molecule has 1 N–H and O–H groups in total. The maximum absolute atomic E-state index is 12.0. The Morgan fingerprint density at radius 3 is 3.05 bits per heavy atom. The normalized spacial score (nSPS) is 17.7. The lowest BCUT2D eigenvalue weighted by Gasteiger charge is -2.33. The third-order valence-electron chi connectivity index (χ3n) is 3.41. The minimum absolute atomic E-state index is 0.0707. The number of likely N-dealkylation sites (tertiary alicyclic amines) is 1. The van der Waals surface area contributed by atoms with Gasteiger partial charge in [-0.05, 0) is 12.8 Å². The Kier molecular flexibility index (Phi) is 5.57. The molecular formula is C15H23N5O2. The van der Waals surface area contributed by atoms with Gasteiger partial charge >= 0.3 is 6.03 Å². The van der Waals surface area contributed by atoms with Crippen molar-refractivity contribution in [3.63, 3.8) is 0 Å². The molecule has 1 saturated heterocycles. The number of ether oxygens (including phenoxy) is 1. The van der Waals surface area contributed by atoms with Crippen LogP contribution in [-0.2, 0) is 0 Å². The van der Waals surface area contributed by atoms with Gasteiger partial charge in [-0.15, -0.1) is 6.58 Å². The smallest absolute Gasteiger partial charge is 0.317 e. The number of carbonyl (C=O) groups excluding carboxylic acids is 1. The molecule has 2 rings (SSSR count). The number of piperidine rings is 1. The molecule has 1 fully saturated rings. The fraction of sp³-hybridized carbons (Fsp3) is 0.533. The molecule has 0 radical (unpaired) electrons. The van der Waals surface area contributed by atoms with Crippen LogP contribution >= 0.6 is 0 Å². The standard InChI is InChI=1S/C15H23N5O2/c1-4-7-18-15(21)20-10-5-6-12(11-20)22-14-13(19(2)3)16-8-9-17-14/h4,8-9,12H,1,5-7,10-11H2,2-3H3,(H,18,21). The van der Waals surface area contributed by atoms with Gasteiger partial charge in [0.1, 0.15) is 6.10 Å². The third kappa shape index (κ3) is 4.09. The molecule has 7 nitrogen and oxygen atoms in total. The lowest BCUT2D eigenvalue weighted by molar-refractivity contribution is 0.0983. The largest absolute Gasteiger partial charge is 0.470 e. The third-order valence-corrected chi connectivity index (χ3v) is 3.41. The minimum Gasteiger partial charge on any atom is -0.470 e. The molecule has 120 valence electrons. The molecule has 0 spiro atoms. The Balaban J connectivity index is 1.98. The van der Waals surface area contributed by atoms with E-state index in [1.807, 2.05) is 19.0 Å². The van der Waals surface area contributed by atoms with Crippen molar-refractivity contribution in [3.05, 3.63) is 25.0 Å². The highest BCUT2D eigenvalue weighted by atomic mass is 16.5. The second-order valence-corrected chi connectivity index (χ2v) is 5.38. The van der Waals surface area contributed by atoms with Crippen molar-refractivity contribution < 1.29 is 9.53 Å². The van der Waals surface area contributed by atoms with E-state index in [9.17, 15) is 4.79 Å². The van der Waals surface area contributed by atoms with Crippen molar-refractivity contribution in [1.82, 2.24) is 20.2 Å². The molecule has 22 heavy (non-hydrogen) atoms. The molecule has 1 unspecified atom stereocenters. The van der Waals surface area contributed by atoms with Crippen LogP contribution in [0, 0.1) is 0 Å². The van der Waals surface area contributed by atoms with Crippen LogP contribution < -0.4 is 15.0 Å². The van der Waals surface area contributed by atoms with Crippen LogP contribution in [0.25, 0.3) is 0 Å². The minimum atomic E-state index is -0.0832. The first kappa shape index (κ1) is 16.1. The Hall–Kier alpha value is -2.31. The predicted octanol–water partition coefficient (Wildman–Crippen LogP) is 1.28. The predicted molar refractivity (Wildman–Crippen MR) is 85.2 cm³/mol. The van der Waals surface area contributed by atoms with E-state index < -0.39 is 0 Å². The molecule has 0 aromatic carbocycles. The topological polar surface area (TPSA) is 70.6 Å². The number of rotatable bonds is 5. The van der Waals surface area contributed by atoms with Crippen molar-refractivity contribution in [2.24, 2.45) is 0 Å². The number of anilines is 1. The quantitative estimate of drug-likeness (QED) is 0.830. The average molecular weight is 305 g/mol. The van der Waals surface area contributed by atoms with Crippen LogP contribution in [0.1, 0.15) is 12.8 Å². The molecule has 0 saturated carbocycles. The van der Waals surface area contributed by atoms with E-state index >= 15 is 0 Å². The van der Waals surface area contributed by atoms with Crippen LogP contribution in [0.5, 0.6) is 5.88 Å². The Labute approximate surface area is 131 Å². The zero-order valence-corrected chi connectivity index (χ0v) is 13.2. The van der Waals surface area contributed by atoms with Crippen molar-refractivity contribution in [1.29, 1.82) is 0 Å². The molecule has 1 aliphatic rings. The van der Waals surface area contributed by atoms with Gasteiger partial charge in [0.05, 0.1) is 6.54 Å². The molecule has 0 aliphatic carbocycles. The average Bonchev–Trinajstić information content (AvgIpc) is 2.53. The van der Waals surface area contributed by atoms with Gasteiger partial charge in [0.2, 0.25) is 0 Å². The Morgan fingerprint density at radius 2 is 2.32 bits per heavy atom. The van der Waals surface area contributed by atoms with Gasteiger partial charge in [0.15, 0.2) is 5.82 Å². The summed E-state index contributed by atoms with van der Waals surface area (Å²) in [4.78, 5) is 24.2. The van der Waals surface area contributed by atoms with Gasteiger partial charge in [-0.25, -0.2) is 14.8 Å². The molecule has 1 aromatic rings. The summed E-state index contributed by atoms with van der Waals surface area (Å²) in [5.41, 5.74) is 0. The summed E-state index contributed by atoms with van der Waals surface area (Å²) in [7, 11) is 3.79. The van der Waals surface area contributed by atoms with Gasteiger partial charge in [0.25, 0.3) is 5.88 Å². The summed E-state index contributed by atoms with van der Waals surface area (Å²) >= 11 is 0. The number of carbonyl (C=O) groups is 1. The van der Waals surface area contributed by atoms with Gasteiger partial charge in [0, 0.05) is 39.6 Å². The van der Waals surface area contributed by atoms with Crippen LogP contribution in [-0.4, -0.2) is 60.7 Å². The lowest BCUT2D eigenvalue weighted by atomic mass is 10.1. The molecule has 2 heterocycles. The molecule has 1 aliphatic heterocycles. The Bertz CT molecular complexity index is 520. The summed E-state index contributed by atoms with van der Waals surface area (Å²) in [5, 5.41) is 2.79. The van der Waals surface area contributed by atoms with Crippen molar-refractivity contribution in [3.8, 4) is 5.88 Å². The first-order chi connectivity index (χ1) is 10.6. The highest BCUT2D eigenvalue weighted by Gasteiger charge is 2.26. The number of hydrogen-bond donors (Lipinski definition) is 1. The number of aromatic nitrogens is 2. The second-order valence-electron chi connectivity index (χ2n) is 5.38. The number of amides is 2. The van der Waals surface area contributed by atoms with E-state index in [0.29, 0.717) is 24.8 Å². The summed E-state index contributed by atoms with van der Waals surface area (Å²) < 4.78 is 5.98. The maximum Gasteiger partial charge on any atom is 0.317 e. The van der Waals surface area contributed by atoms with Crippen molar-refractivity contribution in [2.75, 3.05) is 38.6 Å². The lowest BCUT2D eigenvalue weighted by Crippen LogP contribution is -2.48. The molecule has 1 aromatic heterocycles. The molecule has 7 heteroatoms. The zero-order chi connectivity index (χ0) is 15.9. The number of nitrogens with zero attached hydrogens (tertiary/aromatic N) is 4. The van der Waals surface area contributed by atoms with Gasteiger partial charge in [-0.1, -0.05) is 6.08 Å². The number of urea groups is 1. The van der Waals surface area contributed by atoms with Gasteiger partial charge < -0.3 is 19.9 Å². The van der Waals surface area contributed by atoms with Gasteiger partial charge in [-0.2, -0.15) is 0 Å². The fourth-order valence-electron chi connectivity index (χ4n) is 2.36. The maximum atomic E-state index is 12.0. The van der Waals surface area contributed by atoms with Crippen molar-refractivity contribution >= 4 is 11.8 Å². The zero-order valence-electron chi connectivity index (χ0n) is 13.2. The first-order valence-corrected chi connectivity index (χ1v) is 7.40. The monoisotopic (exact) mass is 305 g/mol. The van der Waals surface area contributed by atoms with E-state index in [1.165, 1.54) is 0 Å². The van der Waals surface area contributed by atoms with Crippen LogP contribution in [0.4, 0.5) is 10.6 Å². The summed E-state index contributed by atoms with van der Waals surface area (Å²) in [6.45, 7) is 5.35. The summed E-state index contributed by atoms with van der Waals surface area (Å²) in [5.74, 6) is 1.20. The number of nitrogens with one attached hydrogen (secondary N) is 1. The van der Waals surface area contributed by atoms with Crippen molar-refractivity contribution in [2.45, 2.75) is 18.9 Å². The highest BCUT2D eigenvalue weighted by molar-refractivity contribution is 5.74. The number of hydrogen-bond acceptors (Lipinski definition) is 5. The molecule has 0 bridgehead atoms. The second kappa shape index (κ2) is 7.63. The molecule has 1 atom stereocenters. The van der Waals surface area contributed by atoms with E-state index in [2.05, 4.69) is 21.9 Å². The SMILES string of the molecule is C=CCNC(=O)N1CCCC(Oc2nccnc2N(C)C)C1. The van der Waals surface area contributed by atoms with E-state index in [1.54, 1.807) is 23.4 Å². The van der Waals surface area contributed by atoms with E-state index in [0.717, 1.165) is 19.4 Å². The summed E-state index contributed by atoms with van der Waals surface area (Å²) in [6, 6.07) is -0.0832. The van der Waals surface area contributed by atoms with Crippen LogP contribution in [0.15, 0.2) is 25.0 Å². The fourth-order valence-corrected chi connectivity index (χ4v) is 2.36. The van der Waals surface area contributed by atoms with Crippen LogP contribution in [0.3, 0.4) is 0 Å². The van der Waals surface area contributed by atoms with Crippen LogP contribution in [0.2, 0.25) is 0 Å². The highest BCUT2D eigenvalue weighted by Crippen LogP contribution is 2.24. The summed E-state index contributed by atoms with van der Waals surface area (Å²) in [6.07, 6.45) is 6.65. The Morgan fingerprint density at radius 1 is 1.55 bits per heavy atom. The molecule has 2 amide bonds. The van der Waals surface area contributed by atoms with Gasteiger partial charge in [-0.3, -0.25) is 0 Å². The van der Waals surface area contributed by atoms with E-state index in [-0.39, 0.29) is 12.1 Å². The van der Waals surface area contributed by atoms with E-state index in [4.69, 9.17) is 4.74 Å². The first-order valence-electron chi connectivity index (χ1n) is 7.40.